The summed E-state index contributed by atoms with van der Waals surface area (Å²) in [6.07, 6.45) is 67.5. The number of phosphoric ester groups is 1. The van der Waals surface area contributed by atoms with Crippen molar-refractivity contribution in [2.24, 2.45) is 0 Å². The number of carbonyl (C=O) groups is 2. The van der Waals surface area contributed by atoms with Gasteiger partial charge in [0.05, 0.1) is 33.8 Å². The number of unbranched alkanes of at least 4 members (excludes halogenated alkanes) is 43. The third kappa shape index (κ3) is 57.2. The Morgan fingerprint density at radius 3 is 1.12 bits per heavy atom. The van der Waals surface area contributed by atoms with E-state index in [1.807, 2.05) is 33.3 Å². The Bertz CT molecular complexity index is 1350. The Morgan fingerprint density at radius 2 is 0.763 bits per heavy atom. The van der Waals surface area contributed by atoms with Gasteiger partial charge in [-0.25, -0.2) is 4.57 Å². The van der Waals surface area contributed by atoms with Gasteiger partial charge < -0.3 is 19.4 Å². The molecule has 10 heteroatoms. The van der Waals surface area contributed by atoms with E-state index in [-0.39, 0.29) is 25.1 Å². The molecular formula is C66H130N2O7P+. The third-order valence-electron chi connectivity index (χ3n) is 15.1. The fourth-order valence-corrected chi connectivity index (χ4v) is 10.7. The number of amides is 1. The lowest BCUT2D eigenvalue weighted by atomic mass is 10.0. The number of nitrogens with one attached hydrogen (secondary N) is 1. The standard InChI is InChI=1S/C66H129N2O7P/c1-7-10-13-16-19-22-25-28-30-32-33-34-35-36-38-41-44-47-50-53-56-59-66(70)75-64(57-54-51-48-45-42-39-27-24-21-18-15-12-9-3)63(62-74-76(71,72)73-61-60-68(4,5)6)67-65(69)58-55-52-49-46-43-40-37-31-29-26-23-20-17-14-11-8-2/h31,37,54,57,63-64H,7-30,32-36,38-53,55-56,58-62H2,1-6H3,(H-,67,69,71,72)/p+1/b37-31+,57-54+. The number of ether oxygens (including phenoxy) is 1. The molecule has 0 aromatic carbocycles. The highest BCUT2D eigenvalue weighted by atomic mass is 31.2. The van der Waals surface area contributed by atoms with Gasteiger partial charge in [0, 0.05) is 12.8 Å². The number of hydrogen-bond donors (Lipinski definition) is 2. The first kappa shape index (κ1) is 74.5. The van der Waals surface area contributed by atoms with Crippen LogP contribution in [-0.4, -0.2) is 74.3 Å². The van der Waals surface area contributed by atoms with E-state index in [2.05, 4.69) is 38.2 Å². The predicted octanol–water partition coefficient (Wildman–Crippen LogP) is 20.5. The fraction of sp³-hybridized carbons (Fsp3) is 0.909. The summed E-state index contributed by atoms with van der Waals surface area (Å²) in [7, 11) is 1.51. The summed E-state index contributed by atoms with van der Waals surface area (Å²) < 4.78 is 30.8. The molecule has 0 spiro atoms. The zero-order chi connectivity index (χ0) is 55.7. The first-order chi connectivity index (χ1) is 36.9. The summed E-state index contributed by atoms with van der Waals surface area (Å²) >= 11 is 0. The molecule has 0 heterocycles. The van der Waals surface area contributed by atoms with Gasteiger partial charge in [-0.05, 0) is 57.4 Å². The van der Waals surface area contributed by atoms with Crippen molar-refractivity contribution in [3.8, 4) is 0 Å². The zero-order valence-electron chi connectivity index (χ0n) is 51.5. The number of carbonyl (C=O) groups excluding carboxylic acids is 2. The van der Waals surface area contributed by atoms with Crippen molar-refractivity contribution < 1.29 is 37.3 Å². The minimum Gasteiger partial charge on any atom is -0.456 e. The van der Waals surface area contributed by atoms with Crippen LogP contribution in [0, 0.1) is 0 Å². The molecule has 9 nitrogen and oxygen atoms in total. The Balaban J connectivity index is 5.17. The van der Waals surface area contributed by atoms with Gasteiger partial charge >= 0.3 is 13.8 Å². The molecule has 0 aromatic rings. The summed E-state index contributed by atoms with van der Waals surface area (Å²) in [4.78, 5) is 37.8. The van der Waals surface area contributed by atoms with Gasteiger partial charge in [-0.1, -0.05) is 289 Å². The van der Waals surface area contributed by atoms with Crippen molar-refractivity contribution in [3.63, 3.8) is 0 Å². The van der Waals surface area contributed by atoms with Crippen LogP contribution >= 0.6 is 7.82 Å². The minimum atomic E-state index is -4.45. The van der Waals surface area contributed by atoms with Crippen LogP contribution in [0.5, 0.6) is 0 Å². The van der Waals surface area contributed by atoms with Gasteiger partial charge in [0.1, 0.15) is 19.3 Å². The molecular weight excluding hydrogens is 964 g/mol. The quantitative estimate of drug-likeness (QED) is 0.0205. The predicted molar refractivity (Wildman–Crippen MR) is 328 cm³/mol. The average molecular weight is 1090 g/mol. The smallest absolute Gasteiger partial charge is 0.456 e. The molecule has 0 fully saturated rings. The lowest BCUT2D eigenvalue weighted by Gasteiger charge is -2.27. The maximum atomic E-state index is 13.6. The monoisotopic (exact) mass is 1090 g/mol. The molecule has 3 atom stereocenters. The number of quaternary nitrogens is 1. The zero-order valence-corrected chi connectivity index (χ0v) is 52.4. The molecule has 2 N–H and O–H groups in total. The van der Waals surface area contributed by atoms with Gasteiger partial charge in [0.2, 0.25) is 5.91 Å². The summed E-state index contributed by atoms with van der Waals surface area (Å²) in [5, 5.41) is 3.06. The number of likely N-dealkylation sites (N-methyl/N-ethyl adjacent to an activating group) is 1. The highest BCUT2D eigenvalue weighted by Crippen LogP contribution is 2.43. The molecule has 450 valence electrons. The van der Waals surface area contributed by atoms with Crippen molar-refractivity contribution in [3.05, 3.63) is 24.3 Å². The number of allylic oxidation sites excluding steroid dienone is 3. The molecule has 0 rings (SSSR count). The van der Waals surface area contributed by atoms with Crippen molar-refractivity contribution in [2.45, 2.75) is 348 Å². The largest absolute Gasteiger partial charge is 0.472 e. The van der Waals surface area contributed by atoms with Gasteiger partial charge in [-0.15, -0.1) is 0 Å². The summed E-state index contributed by atoms with van der Waals surface area (Å²) in [6, 6.07) is -0.847. The van der Waals surface area contributed by atoms with E-state index in [1.165, 1.54) is 225 Å². The average Bonchev–Trinajstić information content (AvgIpc) is 3.38. The Labute approximate surface area is 473 Å². The van der Waals surface area contributed by atoms with Gasteiger partial charge in [-0.2, -0.15) is 0 Å². The van der Waals surface area contributed by atoms with Crippen molar-refractivity contribution in [2.75, 3.05) is 40.9 Å². The summed E-state index contributed by atoms with van der Waals surface area (Å²) in [5.74, 6) is -0.495. The number of nitrogens with zero attached hydrogens (tertiary/aromatic N) is 1. The van der Waals surface area contributed by atoms with Gasteiger partial charge in [0.25, 0.3) is 0 Å². The second-order valence-corrected chi connectivity index (χ2v) is 25.5. The normalized spacial score (nSPS) is 13.7. The Kier molecular flexibility index (Phi) is 55.6. The molecule has 0 aliphatic heterocycles. The van der Waals surface area contributed by atoms with Gasteiger partial charge in [0.15, 0.2) is 0 Å². The Morgan fingerprint density at radius 1 is 0.447 bits per heavy atom. The number of esters is 1. The van der Waals surface area contributed by atoms with E-state index in [4.69, 9.17) is 13.8 Å². The van der Waals surface area contributed by atoms with E-state index in [0.717, 1.165) is 77.0 Å². The van der Waals surface area contributed by atoms with Crippen LogP contribution in [0.1, 0.15) is 335 Å². The van der Waals surface area contributed by atoms with Crippen molar-refractivity contribution >= 4 is 19.7 Å². The van der Waals surface area contributed by atoms with E-state index < -0.39 is 20.0 Å². The highest BCUT2D eigenvalue weighted by molar-refractivity contribution is 7.47. The molecule has 3 unspecified atom stereocenters. The van der Waals surface area contributed by atoms with Crippen LogP contribution in [0.3, 0.4) is 0 Å². The van der Waals surface area contributed by atoms with Crippen LogP contribution in [-0.2, 0) is 27.9 Å². The SMILES string of the molecule is CCCCCCCCC/C=C/CCCCCCCC(=O)NC(COP(=O)(O)OCC[N+](C)(C)C)C(/C=C/CCCCCCCCCCCCC)OC(=O)CCCCCCCCCCCCCCCCCCCCCCC. The van der Waals surface area contributed by atoms with Crippen LogP contribution in [0.2, 0.25) is 0 Å². The molecule has 76 heavy (non-hydrogen) atoms. The first-order valence-corrected chi connectivity index (χ1v) is 34.7. The highest BCUT2D eigenvalue weighted by Gasteiger charge is 2.30. The minimum absolute atomic E-state index is 0.0423. The van der Waals surface area contributed by atoms with Crippen LogP contribution in [0.15, 0.2) is 24.3 Å². The maximum Gasteiger partial charge on any atom is 0.472 e. The number of hydrogen-bond acceptors (Lipinski definition) is 6. The second-order valence-electron chi connectivity index (χ2n) is 24.0. The van der Waals surface area contributed by atoms with E-state index >= 15 is 0 Å². The number of rotatable bonds is 61. The topological polar surface area (TPSA) is 111 Å². The first-order valence-electron chi connectivity index (χ1n) is 33.2. The molecule has 0 saturated heterocycles. The number of phosphoric acid groups is 1. The van der Waals surface area contributed by atoms with Gasteiger partial charge in [-0.3, -0.25) is 18.6 Å². The summed E-state index contributed by atoms with van der Waals surface area (Å²) in [5.41, 5.74) is 0. The van der Waals surface area contributed by atoms with Crippen LogP contribution in [0.4, 0.5) is 0 Å². The Hall–Kier alpha value is -1.51. The van der Waals surface area contributed by atoms with E-state index in [1.54, 1.807) is 0 Å². The van der Waals surface area contributed by atoms with Crippen LogP contribution in [0.25, 0.3) is 0 Å². The summed E-state index contributed by atoms with van der Waals surface area (Å²) in [6.45, 7) is 7.06. The fourth-order valence-electron chi connectivity index (χ4n) is 10.00. The molecule has 0 radical (unpaired) electrons. The lowest BCUT2D eigenvalue weighted by molar-refractivity contribution is -0.870. The van der Waals surface area contributed by atoms with Crippen LogP contribution < -0.4 is 5.32 Å². The molecule has 0 aromatic heterocycles. The molecule has 0 saturated carbocycles. The lowest BCUT2D eigenvalue weighted by Crippen LogP contribution is -2.47. The molecule has 0 bridgehead atoms. The maximum absolute atomic E-state index is 13.6. The van der Waals surface area contributed by atoms with E-state index in [0.29, 0.717) is 23.9 Å². The van der Waals surface area contributed by atoms with Crippen molar-refractivity contribution in [1.29, 1.82) is 0 Å². The molecule has 0 aliphatic carbocycles. The van der Waals surface area contributed by atoms with E-state index in [9.17, 15) is 19.0 Å². The van der Waals surface area contributed by atoms with Crippen molar-refractivity contribution in [1.82, 2.24) is 5.32 Å². The molecule has 0 aliphatic rings. The molecule has 1 amide bonds. The second kappa shape index (κ2) is 56.8. The third-order valence-corrected chi connectivity index (χ3v) is 16.1.